The molecule has 88 heavy (non-hydrogen) atoms. The number of hydrogen-bond acceptors (Lipinski definition) is 2. The van der Waals surface area contributed by atoms with Gasteiger partial charge < -0.3 is 9.80 Å². The molecule has 11 aromatic carbocycles. The molecule has 2 nitrogen and oxygen atoms in total. The molecule has 0 N–H and O–H groups in total. The lowest BCUT2D eigenvalue weighted by Crippen LogP contribution is -2.19. The van der Waals surface area contributed by atoms with Gasteiger partial charge in [-0.1, -0.05) is 297 Å². The molecule has 12 rings (SSSR count). The van der Waals surface area contributed by atoms with Crippen LogP contribution in [0.2, 0.25) is 0 Å². The van der Waals surface area contributed by atoms with Crippen LogP contribution < -0.4 is 9.80 Å². The third kappa shape index (κ3) is 12.3. The Kier molecular flexibility index (Phi) is 16.3. The Morgan fingerprint density at radius 3 is 0.864 bits per heavy atom. The SMILES string of the molecule is CC(C)(C)c1ccc(-c2cccc(-c3ccc(C(C)(C)C)cc3)c2N(c2ccc(Br)cc2)c2cc(C3c4ccccc4Cc4ccccc43)cc(N(c3ccc(Br)cc3)c3c(-c4ccc(C(C)(C)C)cc4)cccc3-c3ccc(C(C)(C)C)cc3)c2)cc1. The van der Waals surface area contributed by atoms with Crippen molar-refractivity contribution in [3.05, 3.63) is 308 Å². The van der Waals surface area contributed by atoms with Crippen molar-refractivity contribution in [2.75, 3.05) is 9.80 Å². The zero-order valence-corrected chi connectivity index (χ0v) is 56.3. The fourth-order valence-corrected chi connectivity index (χ4v) is 13.4. The fourth-order valence-electron chi connectivity index (χ4n) is 12.8. The number of halogens is 2. The average Bonchev–Trinajstić information content (AvgIpc) is 0.845. The van der Waals surface area contributed by atoms with Crippen molar-refractivity contribution in [1.29, 1.82) is 0 Å². The van der Waals surface area contributed by atoms with Gasteiger partial charge in [-0.2, -0.15) is 0 Å². The molecule has 0 heterocycles. The number of anilines is 6. The largest absolute Gasteiger partial charge is 0.309 e. The quantitative estimate of drug-likeness (QED) is 0.127. The summed E-state index contributed by atoms with van der Waals surface area (Å²) in [6, 6.07) is 94.6. The molecule has 0 radical (unpaired) electrons. The summed E-state index contributed by atoms with van der Waals surface area (Å²) in [6.07, 6.45) is 0.878. The van der Waals surface area contributed by atoms with Crippen LogP contribution >= 0.6 is 31.9 Å². The van der Waals surface area contributed by atoms with Gasteiger partial charge in [-0.05, 0) is 167 Å². The number of para-hydroxylation sites is 2. The van der Waals surface area contributed by atoms with Gasteiger partial charge >= 0.3 is 0 Å². The summed E-state index contributed by atoms with van der Waals surface area (Å²) >= 11 is 7.77. The summed E-state index contributed by atoms with van der Waals surface area (Å²) in [5.74, 6) is -0.0902. The lowest BCUT2D eigenvalue weighted by Gasteiger charge is -2.36. The molecule has 0 amide bonds. The topological polar surface area (TPSA) is 6.48 Å². The number of fused-ring (bicyclic) bond motifs is 2. The van der Waals surface area contributed by atoms with E-state index < -0.39 is 0 Å². The second-order valence-electron chi connectivity index (χ2n) is 28.1. The Morgan fingerprint density at radius 1 is 0.295 bits per heavy atom. The molecule has 1 aliphatic carbocycles. The van der Waals surface area contributed by atoms with E-state index in [4.69, 9.17) is 0 Å². The zero-order chi connectivity index (χ0) is 61.9. The van der Waals surface area contributed by atoms with Gasteiger partial charge in [-0.25, -0.2) is 0 Å². The average molecular weight is 1280 g/mol. The van der Waals surface area contributed by atoms with Crippen molar-refractivity contribution in [1.82, 2.24) is 0 Å². The van der Waals surface area contributed by atoms with Gasteiger partial charge in [0.1, 0.15) is 0 Å². The van der Waals surface area contributed by atoms with Crippen LogP contribution in [0.15, 0.2) is 258 Å². The van der Waals surface area contributed by atoms with Crippen LogP contribution in [0.1, 0.15) is 139 Å². The van der Waals surface area contributed by atoms with Crippen LogP contribution in [0.5, 0.6) is 0 Å². The highest BCUT2D eigenvalue weighted by atomic mass is 79.9. The summed E-state index contributed by atoms with van der Waals surface area (Å²) in [5.41, 5.74) is 27.1. The number of rotatable bonds is 11. The number of nitrogens with zero attached hydrogens (tertiary/aromatic N) is 2. The molecule has 0 fully saturated rings. The van der Waals surface area contributed by atoms with Crippen LogP contribution in [0.4, 0.5) is 34.1 Å². The standard InChI is InChI=1S/C84H80Br2N2/c1-81(2,3)62-35-27-55(28-36-62)74-23-17-24-75(56-29-37-63(38-30-56)82(4,5)6)79(74)87(68-47-43-66(85)44-48-68)70-52-61(78-72-21-15-13-19-59(72)51-60-20-14-16-22-73(60)78)53-71(54-70)88(69-49-45-67(86)46-50-69)80-76(57-31-39-64(40-32-57)83(7,8)9)25-18-26-77(80)58-33-41-65(42-34-58)84(10,11)12/h13-50,52-54,78H,51H2,1-12H3. The fraction of sp³-hybridized carbons (Fsp3) is 0.214. The van der Waals surface area contributed by atoms with Crippen molar-refractivity contribution in [3.8, 4) is 44.5 Å². The molecule has 4 heteroatoms. The van der Waals surface area contributed by atoms with Crippen molar-refractivity contribution >= 4 is 66.0 Å². The minimum atomic E-state index is -0.0902. The first kappa shape index (κ1) is 60.3. The summed E-state index contributed by atoms with van der Waals surface area (Å²) in [6.45, 7) is 27.5. The third-order valence-corrected chi connectivity index (χ3v) is 18.9. The van der Waals surface area contributed by atoms with E-state index in [1.165, 1.54) is 50.1 Å². The third-order valence-electron chi connectivity index (χ3n) is 17.8. The lowest BCUT2D eigenvalue weighted by atomic mass is 9.74. The Morgan fingerprint density at radius 2 is 0.580 bits per heavy atom. The predicted molar refractivity (Wildman–Crippen MR) is 384 cm³/mol. The first-order chi connectivity index (χ1) is 42.0. The van der Waals surface area contributed by atoms with Crippen molar-refractivity contribution in [2.45, 2.75) is 117 Å². The first-order valence-electron chi connectivity index (χ1n) is 31.1. The summed E-state index contributed by atoms with van der Waals surface area (Å²) in [5, 5.41) is 0. The van der Waals surface area contributed by atoms with Gasteiger partial charge in [-0.3, -0.25) is 0 Å². The van der Waals surface area contributed by atoms with Gasteiger partial charge in [0.25, 0.3) is 0 Å². The molecule has 1 aliphatic rings. The first-order valence-corrected chi connectivity index (χ1v) is 32.7. The summed E-state index contributed by atoms with van der Waals surface area (Å²) < 4.78 is 2.03. The minimum absolute atomic E-state index is 0.0143. The second kappa shape index (κ2) is 23.8. The Bertz CT molecular complexity index is 3870. The molecule has 0 spiro atoms. The van der Waals surface area contributed by atoms with Crippen LogP contribution in [-0.2, 0) is 28.1 Å². The van der Waals surface area contributed by atoms with Crippen LogP contribution in [-0.4, -0.2) is 0 Å². The monoisotopic (exact) mass is 1270 g/mol. The maximum absolute atomic E-state index is 3.89. The molecule has 0 atom stereocenters. The highest BCUT2D eigenvalue weighted by molar-refractivity contribution is 9.10. The maximum atomic E-state index is 3.89. The molecular weight excluding hydrogens is 1200 g/mol. The lowest BCUT2D eigenvalue weighted by molar-refractivity contribution is 0.590. The highest BCUT2D eigenvalue weighted by Gasteiger charge is 2.32. The minimum Gasteiger partial charge on any atom is -0.309 e. The van der Waals surface area contributed by atoms with Crippen LogP contribution in [0, 0.1) is 0 Å². The molecule has 0 unspecified atom stereocenters. The van der Waals surface area contributed by atoms with E-state index in [9.17, 15) is 0 Å². The Labute approximate surface area is 541 Å². The Hall–Kier alpha value is -8.02. The molecule has 0 saturated heterocycles. The Balaban J connectivity index is 1.23. The van der Waals surface area contributed by atoms with Crippen molar-refractivity contribution in [2.24, 2.45) is 0 Å². The van der Waals surface area contributed by atoms with Crippen LogP contribution in [0.25, 0.3) is 44.5 Å². The van der Waals surface area contributed by atoms with E-state index >= 15 is 0 Å². The van der Waals surface area contributed by atoms with Gasteiger partial charge in [0.2, 0.25) is 0 Å². The number of hydrogen-bond donors (Lipinski definition) is 0. The van der Waals surface area contributed by atoms with E-state index in [1.54, 1.807) is 0 Å². The summed E-state index contributed by atoms with van der Waals surface area (Å²) in [7, 11) is 0. The molecule has 440 valence electrons. The molecule has 0 aliphatic heterocycles. The highest BCUT2D eigenvalue weighted by Crippen LogP contribution is 2.54. The van der Waals surface area contributed by atoms with E-state index in [0.717, 1.165) is 94.0 Å². The van der Waals surface area contributed by atoms with Gasteiger partial charge in [0.15, 0.2) is 0 Å². The van der Waals surface area contributed by atoms with E-state index in [1.807, 2.05) is 0 Å². The maximum Gasteiger partial charge on any atom is 0.0618 e. The predicted octanol–water partition coefficient (Wildman–Crippen LogP) is 25.1. The zero-order valence-electron chi connectivity index (χ0n) is 53.1. The van der Waals surface area contributed by atoms with Gasteiger partial charge in [0, 0.05) is 59.9 Å². The summed E-state index contributed by atoms with van der Waals surface area (Å²) in [4.78, 5) is 5.12. The van der Waals surface area contributed by atoms with Crippen LogP contribution in [0.3, 0.4) is 0 Å². The van der Waals surface area contributed by atoms with E-state index in [0.29, 0.717) is 0 Å². The van der Waals surface area contributed by atoms with E-state index in [-0.39, 0.29) is 27.6 Å². The van der Waals surface area contributed by atoms with Gasteiger partial charge in [0.05, 0.1) is 11.4 Å². The van der Waals surface area contributed by atoms with Crippen molar-refractivity contribution < 1.29 is 0 Å². The normalized spacial score (nSPS) is 12.8. The second-order valence-corrected chi connectivity index (χ2v) is 30.0. The van der Waals surface area contributed by atoms with E-state index in [2.05, 4.69) is 373 Å². The molecule has 0 aromatic heterocycles. The molecular formula is C84H80Br2N2. The van der Waals surface area contributed by atoms with Gasteiger partial charge in [-0.15, -0.1) is 0 Å². The molecule has 0 saturated carbocycles. The van der Waals surface area contributed by atoms with Crippen molar-refractivity contribution in [3.63, 3.8) is 0 Å². The molecule has 11 aromatic rings. The smallest absolute Gasteiger partial charge is 0.0618 e. The number of benzene rings is 11. The molecule has 0 bridgehead atoms.